The zero-order valence-electron chi connectivity index (χ0n) is 11.9. The molecule has 0 spiro atoms. The second-order valence-corrected chi connectivity index (χ2v) is 6.95. The van der Waals surface area contributed by atoms with E-state index >= 15 is 0 Å². The average molecular weight is 244 g/mol. The van der Waals surface area contributed by atoms with Crippen molar-refractivity contribution in [1.82, 2.24) is 5.32 Å². The number of benzene rings is 1. The Balaban J connectivity index is 1.64. The minimum atomic E-state index is 0.429. The average Bonchev–Trinajstić information content (AvgIpc) is 2.67. The molecule has 3 rings (SSSR count). The molecule has 0 saturated heterocycles. The predicted octanol–water partition coefficient (Wildman–Crippen LogP) is 3.22. The van der Waals surface area contributed by atoms with Gasteiger partial charge in [0.2, 0.25) is 0 Å². The van der Waals surface area contributed by atoms with Crippen molar-refractivity contribution in [3.05, 3.63) is 29.8 Å². The first kappa shape index (κ1) is 12.0. The van der Waals surface area contributed by atoms with E-state index in [0.29, 0.717) is 22.8 Å². The molecule has 1 saturated carbocycles. The largest absolute Gasteiger partial charge is 0.384 e. The lowest BCUT2D eigenvalue weighted by Gasteiger charge is -2.13. The Labute approximate surface area is 110 Å². The van der Waals surface area contributed by atoms with Crippen LogP contribution in [0.4, 0.5) is 5.69 Å². The number of hydrogen-bond acceptors (Lipinski definition) is 2. The van der Waals surface area contributed by atoms with Crippen LogP contribution >= 0.6 is 0 Å². The highest BCUT2D eigenvalue weighted by atomic mass is 15.1. The van der Waals surface area contributed by atoms with Crippen molar-refractivity contribution in [2.45, 2.75) is 39.7 Å². The van der Waals surface area contributed by atoms with Gasteiger partial charge in [0.1, 0.15) is 0 Å². The molecular formula is C16H24N2. The van der Waals surface area contributed by atoms with Gasteiger partial charge in [0.15, 0.2) is 0 Å². The lowest BCUT2D eigenvalue weighted by Crippen LogP contribution is -2.28. The molecule has 0 radical (unpaired) electrons. The lowest BCUT2D eigenvalue weighted by molar-refractivity contribution is 0.457. The quantitative estimate of drug-likeness (QED) is 0.853. The summed E-state index contributed by atoms with van der Waals surface area (Å²) >= 11 is 0. The minimum Gasteiger partial charge on any atom is -0.384 e. The molecule has 1 aromatic rings. The lowest BCUT2D eigenvalue weighted by atomic mass is 10.0. The SMILES string of the molecule is CC1(C)C(NCC2CNc3ccccc32)C1(C)C. The maximum atomic E-state index is 3.78. The topological polar surface area (TPSA) is 24.1 Å². The molecule has 1 atom stereocenters. The van der Waals surface area contributed by atoms with Gasteiger partial charge in [-0.25, -0.2) is 0 Å². The van der Waals surface area contributed by atoms with E-state index in [1.54, 1.807) is 0 Å². The van der Waals surface area contributed by atoms with Crippen LogP contribution in [0.2, 0.25) is 0 Å². The summed E-state index contributed by atoms with van der Waals surface area (Å²) in [5, 5.41) is 7.28. The number of anilines is 1. The molecule has 0 bridgehead atoms. The third-order valence-electron chi connectivity index (χ3n) is 5.53. The van der Waals surface area contributed by atoms with Crippen molar-refractivity contribution in [2.24, 2.45) is 10.8 Å². The van der Waals surface area contributed by atoms with Gasteiger partial charge < -0.3 is 10.6 Å². The Morgan fingerprint density at radius 2 is 1.83 bits per heavy atom. The zero-order chi connectivity index (χ0) is 13.0. The first-order valence-corrected chi connectivity index (χ1v) is 7.01. The van der Waals surface area contributed by atoms with E-state index in [1.165, 1.54) is 11.3 Å². The van der Waals surface area contributed by atoms with E-state index in [2.05, 4.69) is 62.6 Å². The van der Waals surface area contributed by atoms with Crippen LogP contribution in [0.5, 0.6) is 0 Å². The molecule has 2 aliphatic rings. The van der Waals surface area contributed by atoms with Crippen molar-refractivity contribution in [3.8, 4) is 0 Å². The standard InChI is InChI=1S/C16H24N2/c1-15(2)14(16(15,3)4)18-10-11-9-17-13-8-6-5-7-12(11)13/h5-8,11,14,17-18H,9-10H2,1-4H3. The molecule has 1 unspecified atom stereocenters. The Kier molecular flexibility index (Phi) is 2.50. The number of hydrogen-bond donors (Lipinski definition) is 2. The maximum absolute atomic E-state index is 3.78. The fraction of sp³-hybridized carbons (Fsp3) is 0.625. The van der Waals surface area contributed by atoms with Crippen molar-refractivity contribution in [3.63, 3.8) is 0 Å². The molecule has 2 N–H and O–H groups in total. The van der Waals surface area contributed by atoms with E-state index in [9.17, 15) is 0 Å². The number of rotatable bonds is 3. The summed E-state index contributed by atoms with van der Waals surface area (Å²) in [6, 6.07) is 9.34. The molecule has 1 aliphatic carbocycles. The highest BCUT2D eigenvalue weighted by Gasteiger charge is 2.64. The Bertz CT molecular complexity index is 448. The molecular weight excluding hydrogens is 220 g/mol. The number of fused-ring (bicyclic) bond motifs is 1. The molecule has 1 aromatic carbocycles. The molecule has 1 heterocycles. The van der Waals surface area contributed by atoms with Gasteiger partial charge in [-0.15, -0.1) is 0 Å². The van der Waals surface area contributed by atoms with E-state index < -0.39 is 0 Å². The fourth-order valence-electron chi connectivity index (χ4n) is 3.51. The minimum absolute atomic E-state index is 0.429. The summed E-state index contributed by atoms with van der Waals surface area (Å²) in [5.74, 6) is 0.619. The van der Waals surface area contributed by atoms with Gasteiger partial charge in [-0.2, -0.15) is 0 Å². The molecule has 0 aromatic heterocycles. The van der Waals surface area contributed by atoms with E-state index in [0.717, 1.165) is 13.1 Å². The van der Waals surface area contributed by atoms with Crippen molar-refractivity contribution >= 4 is 5.69 Å². The van der Waals surface area contributed by atoms with Gasteiger partial charge in [-0.05, 0) is 22.5 Å². The molecule has 98 valence electrons. The zero-order valence-corrected chi connectivity index (χ0v) is 11.9. The number of nitrogens with one attached hydrogen (secondary N) is 2. The highest BCUT2D eigenvalue weighted by molar-refractivity contribution is 5.57. The monoisotopic (exact) mass is 244 g/mol. The number of para-hydroxylation sites is 1. The Morgan fingerprint density at radius 1 is 1.17 bits per heavy atom. The smallest absolute Gasteiger partial charge is 0.0376 e. The normalized spacial score (nSPS) is 27.7. The van der Waals surface area contributed by atoms with Crippen LogP contribution in [0.25, 0.3) is 0 Å². The third-order valence-corrected chi connectivity index (χ3v) is 5.53. The first-order valence-electron chi connectivity index (χ1n) is 7.01. The van der Waals surface area contributed by atoms with Gasteiger partial charge in [-0.1, -0.05) is 45.9 Å². The van der Waals surface area contributed by atoms with Crippen LogP contribution < -0.4 is 10.6 Å². The molecule has 18 heavy (non-hydrogen) atoms. The Morgan fingerprint density at radius 3 is 2.50 bits per heavy atom. The van der Waals surface area contributed by atoms with Crippen LogP contribution in [0.3, 0.4) is 0 Å². The van der Waals surface area contributed by atoms with Crippen molar-refractivity contribution in [2.75, 3.05) is 18.4 Å². The maximum Gasteiger partial charge on any atom is 0.0376 e. The van der Waals surface area contributed by atoms with Gasteiger partial charge in [0, 0.05) is 30.7 Å². The van der Waals surface area contributed by atoms with Gasteiger partial charge in [-0.3, -0.25) is 0 Å². The molecule has 1 fully saturated rings. The first-order chi connectivity index (χ1) is 8.44. The summed E-state index contributed by atoms with van der Waals surface area (Å²) in [6.07, 6.45) is 0. The second-order valence-electron chi connectivity index (χ2n) is 6.95. The van der Waals surface area contributed by atoms with Crippen molar-refractivity contribution < 1.29 is 0 Å². The summed E-state index contributed by atoms with van der Waals surface area (Å²) in [5.41, 5.74) is 3.65. The third kappa shape index (κ3) is 1.58. The van der Waals surface area contributed by atoms with Gasteiger partial charge in [0.25, 0.3) is 0 Å². The summed E-state index contributed by atoms with van der Waals surface area (Å²) in [7, 11) is 0. The predicted molar refractivity (Wildman–Crippen MR) is 77.0 cm³/mol. The van der Waals surface area contributed by atoms with Crippen LogP contribution in [0.1, 0.15) is 39.2 Å². The van der Waals surface area contributed by atoms with Gasteiger partial charge in [0.05, 0.1) is 0 Å². The molecule has 1 aliphatic heterocycles. The van der Waals surface area contributed by atoms with Crippen molar-refractivity contribution in [1.29, 1.82) is 0 Å². The highest BCUT2D eigenvalue weighted by Crippen LogP contribution is 2.62. The summed E-state index contributed by atoms with van der Waals surface area (Å²) < 4.78 is 0. The van der Waals surface area contributed by atoms with Crippen LogP contribution in [0.15, 0.2) is 24.3 Å². The molecule has 2 heteroatoms. The van der Waals surface area contributed by atoms with E-state index in [-0.39, 0.29) is 0 Å². The molecule has 2 nitrogen and oxygen atoms in total. The second kappa shape index (κ2) is 3.74. The van der Waals surface area contributed by atoms with E-state index in [1.807, 2.05) is 0 Å². The van der Waals surface area contributed by atoms with Crippen LogP contribution in [0, 0.1) is 10.8 Å². The summed E-state index contributed by atoms with van der Waals surface area (Å²) in [6.45, 7) is 11.6. The van der Waals surface area contributed by atoms with E-state index in [4.69, 9.17) is 0 Å². The van der Waals surface area contributed by atoms with Crippen LogP contribution in [-0.2, 0) is 0 Å². The fourth-order valence-corrected chi connectivity index (χ4v) is 3.51. The van der Waals surface area contributed by atoms with Gasteiger partial charge >= 0.3 is 0 Å². The Hall–Kier alpha value is -1.02. The molecule has 0 amide bonds. The van der Waals surface area contributed by atoms with Crippen LogP contribution in [-0.4, -0.2) is 19.1 Å². The summed E-state index contributed by atoms with van der Waals surface area (Å²) in [4.78, 5) is 0.